The second-order valence-corrected chi connectivity index (χ2v) is 8.64. The lowest BCUT2D eigenvalue weighted by Gasteiger charge is -2.42. The highest BCUT2D eigenvalue weighted by Gasteiger charge is 2.37. The number of anilines is 1. The highest BCUT2D eigenvalue weighted by atomic mass is 32.1. The van der Waals surface area contributed by atoms with Crippen molar-refractivity contribution in [3.63, 3.8) is 0 Å². The molecule has 0 radical (unpaired) electrons. The number of carbonyl (C=O) groups is 2. The maximum atomic E-state index is 13.0. The highest BCUT2D eigenvalue weighted by Crippen LogP contribution is 2.35. The number of carbonyl (C=O) groups excluding carboxylic acids is 2. The molecule has 158 valence electrons. The van der Waals surface area contributed by atoms with Crippen molar-refractivity contribution in [1.82, 2.24) is 24.0 Å². The van der Waals surface area contributed by atoms with Crippen LogP contribution in [0.3, 0.4) is 0 Å². The highest BCUT2D eigenvalue weighted by molar-refractivity contribution is 7.10. The van der Waals surface area contributed by atoms with E-state index in [1.165, 1.54) is 0 Å². The zero-order valence-corrected chi connectivity index (χ0v) is 17.1. The van der Waals surface area contributed by atoms with Gasteiger partial charge in [-0.3, -0.25) is 14.9 Å². The van der Waals surface area contributed by atoms with Crippen molar-refractivity contribution in [2.45, 2.75) is 18.9 Å². The molecule has 11 heteroatoms. The number of amides is 3. The molecule has 1 N–H and O–H groups in total. The van der Waals surface area contributed by atoms with Gasteiger partial charge in [0.2, 0.25) is 0 Å². The Bertz CT molecular complexity index is 1030. The summed E-state index contributed by atoms with van der Waals surface area (Å²) in [5, 5.41) is 7.15. The van der Waals surface area contributed by atoms with Crippen LogP contribution in [0.4, 0.5) is 9.80 Å². The van der Waals surface area contributed by atoms with Gasteiger partial charge in [0.15, 0.2) is 10.7 Å². The van der Waals surface area contributed by atoms with Crippen LogP contribution < -0.4 is 10.9 Å². The van der Waals surface area contributed by atoms with Crippen LogP contribution in [0.1, 0.15) is 28.5 Å². The Morgan fingerprint density at radius 2 is 1.97 bits per heavy atom. The minimum atomic E-state index is -0.265. The number of likely N-dealkylation sites (tertiary alicyclic amines) is 1. The van der Waals surface area contributed by atoms with E-state index in [0.717, 1.165) is 23.6 Å². The van der Waals surface area contributed by atoms with Crippen molar-refractivity contribution in [3.8, 4) is 0 Å². The molecule has 30 heavy (non-hydrogen) atoms. The van der Waals surface area contributed by atoms with Crippen molar-refractivity contribution in [3.05, 3.63) is 39.9 Å². The second kappa shape index (κ2) is 7.80. The molecular formula is C19H22N6O4S. The number of urea groups is 1. The molecule has 0 aromatic carbocycles. The van der Waals surface area contributed by atoms with E-state index < -0.39 is 0 Å². The Kier molecular flexibility index (Phi) is 4.99. The van der Waals surface area contributed by atoms with Crippen LogP contribution in [0.2, 0.25) is 0 Å². The zero-order chi connectivity index (χ0) is 20.7. The van der Waals surface area contributed by atoms with Crippen molar-refractivity contribution in [1.29, 1.82) is 0 Å². The fourth-order valence-electron chi connectivity index (χ4n) is 4.57. The third kappa shape index (κ3) is 3.47. The minimum absolute atomic E-state index is 0.0158. The number of hydrogen-bond acceptors (Lipinski definition) is 7. The van der Waals surface area contributed by atoms with E-state index in [4.69, 9.17) is 4.74 Å². The van der Waals surface area contributed by atoms with Gasteiger partial charge < -0.3 is 19.1 Å². The lowest BCUT2D eigenvalue weighted by atomic mass is 9.83. The van der Waals surface area contributed by atoms with Gasteiger partial charge in [-0.25, -0.2) is 4.79 Å². The average Bonchev–Trinajstić information content (AvgIpc) is 3.22. The summed E-state index contributed by atoms with van der Waals surface area (Å²) in [7, 11) is 0. The van der Waals surface area contributed by atoms with E-state index in [9.17, 15) is 14.4 Å². The Morgan fingerprint density at radius 1 is 1.13 bits per heavy atom. The number of ether oxygens (including phenoxy) is 1. The molecular weight excluding hydrogens is 408 g/mol. The SMILES string of the molecule is O=C(Nc1snnc1C(=O)N1CCOCC1)N1C[C@@H]2C[C@@H](C1)c1cccc(=O)n1C2. The van der Waals surface area contributed by atoms with Gasteiger partial charge in [0.25, 0.3) is 11.5 Å². The molecule has 0 unspecified atom stereocenters. The monoisotopic (exact) mass is 430 g/mol. The van der Waals surface area contributed by atoms with Crippen LogP contribution in [-0.2, 0) is 11.3 Å². The molecule has 5 heterocycles. The second-order valence-electron chi connectivity index (χ2n) is 7.89. The Balaban J connectivity index is 1.30. The molecule has 2 aromatic rings. The van der Waals surface area contributed by atoms with Gasteiger partial charge in [0, 0.05) is 61.9 Å². The number of rotatable bonds is 2. The van der Waals surface area contributed by atoms with Gasteiger partial charge in [-0.05, 0) is 18.4 Å². The topological polar surface area (TPSA) is 110 Å². The van der Waals surface area contributed by atoms with Crippen molar-refractivity contribution in [2.24, 2.45) is 5.92 Å². The van der Waals surface area contributed by atoms with E-state index in [2.05, 4.69) is 14.9 Å². The molecule has 2 fully saturated rings. The maximum Gasteiger partial charge on any atom is 0.322 e. The predicted molar refractivity (Wildman–Crippen MR) is 109 cm³/mol. The summed E-state index contributed by atoms with van der Waals surface area (Å²) in [6.45, 7) is 3.71. The first-order valence-electron chi connectivity index (χ1n) is 10.0. The van der Waals surface area contributed by atoms with Crippen LogP contribution in [0, 0.1) is 5.92 Å². The molecule has 3 amide bonds. The number of nitrogens with zero attached hydrogens (tertiary/aromatic N) is 5. The third-order valence-corrected chi connectivity index (χ3v) is 6.62. The summed E-state index contributed by atoms with van der Waals surface area (Å²) < 4.78 is 11.0. The summed E-state index contributed by atoms with van der Waals surface area (Å²) in [6.07, 6.45) is 0.968. The number of aromatic nitrogens is 3. The van der Waals surface area contributed by atoms with Crippen LogP contribution in [-0.4, -0.2) is 75.3 Å². The van der Waals surface area contributed by atoms with Crippen molar-refractivity contribution < 1.29 is 14.3 Å². The number of piperidine rings is 1. The van der Waals surface area contributed by atoms with Gasteiger partial charge in [0.1, 0.15) is 0 Å². The quantitative estimate of drug-likeness (QED) is 0.756. The predicted octanol–water partition coefficient (Wildman–Crippen LogP) is 0.823. The van der Waals surface area contributed by atoms with E-state index >= 15 is 0 Å². The molecule has 3 aliphatic rings. The number of nitrogens with one attached hydrogen (secondary N) is 1. The van der Waals surface area contributed by atoms with Crippen LogP contribution in [0.5, 0.6) is 0 Å². The summed E-state index contributed by atoms with van der Waals surface area (Å²) in [5.41, 5.74) is 1.17. The first-order chi connectivity index (χ1) is 14.6. The van der Waals surface area contributed by atoms with E-state index in [1.807, 2.05) is 10.6 Å². The maximum absolute atomic E-state index is 13.0. The van der Waals surface area contributed by atoms with Crippen molar-refractivity contribution >= 4 is 28.5 Å². The van der Waals surface area contributed by atoms with E-state index in [1.54, 1.807) is 21.9 Å². The van der Waals surface area contributed by atoms with Gasteiger partial charge >= 0.3 is 6.03 Å². The van der Waals surface area contributed by atoms with Crippen molar-refractivity contribution in [2.75, 3.05) is 44.7 Å². The molecule has 5 rings (SSSR count). The van der Waals surface area contributed by atoms with E-state index in [0.29, 0.717) is 50.9 Å². The van der Waals surface area contributed by atoms with Gasteiger partial charge in [-0.1, -0.05) is 10.6 Å². The van der Waals surface area contributed by atoms with Crippen LogP contribution >= 0.6 is 11.5 Å². The normalized spacial score (nSPS) is 23.1. The first-order valence-corrected chi connectivity index (χ1v) is 10.8. The molecule has 3 aliphatic heterocycles. The molecule has 0 spiro atoms. The minimum Gasteiger partial charge on any atom is -0.378 e. The Labute approximate surface area is 176 Å². The molecule has 0 saturated carbocycles. The summed E-state index contributed by atoms with van der Waals surface area (Å²) in [6, 6.07) is 5.06. The lowest BCUT2D eigenvalue weighted by Crippen LogP contribution is -2.50. The summed E-state index contributed by atoms with van der Waals surface area (Å²) >= 11 is 1.00. The number of morpholine rings is 1. The third-order valence-electron chi connectivity index (χ3n) is 5.98. The molecule has 0 aliphatic carbocycles. The largest absolute Gasteiger partial charge is 0.378 e. The number of fused-ring (bicyclic) bond motifs is 4. The Morgan fingerprint density at radius 3 is 2.80 bits per heavy atom. The molecule has 2 aromatic heterocycles. The van der Waals surface area contributed by atoms with Crippen LogP contribution in [0.25, 0.3) is 0 Å². The fraction of sp³-hybridized carbons (Fsp3) is 0.526. The first kappa shape index (κ1) is 19.2. The average molecular weight is 430 g/mol. The zero-order valence-electron chi connectivity index (χ0n) is 16.3. The smallest absolute Gasteiger partial charge is 0.322 e. The molecule has 2 saturated heterocycles. The number of hydrogen-bond donors (Lipinski definition) is 1. The molecule has 10 nitrogen and oxygen atoms in total. The van der Waals surface area contributed by atoms with Crippen LogP contribution in [0.15, 0.2) is 23.0 Å². The van der Waals surface area contributed by atoms with Gasteiger partial charge in [-0.15, -0.1) is 5.10 Å². The summed E-state index contributed by atoms with van der Waals surface area (Å²) in [4.78, 5) is 41.3. The fourth-order valence-corrected chi connectivity index (χ4v) is 5.12. The van der Waals surface area contributed by atoms with Gasteiger partial charge in [0.05, 0.1) is 13.2 Å². The molecule has 2 atom stereocenters. The van der Waals surface area contributed by atoms with E-state index in [-0.39, 0.29) is 35.0 Å². The Hall–Kier alpha value is -2.79. The standard InChI is InChI=1S/C19H22N6O4S/c26-15-3-1-2-14-13-8-12(10-25(14)15)9-24(11-13)19(28)20-17-16(21-22-30-17)18(27)23-4-6-29-7-5-23/h1-3,12-13H,4-11H2,(H,20,28)/t12-,13-/m0/s1. The summed E-state index contributed by atoms with van der Waals surface area (Å²) in [5.74, 6) is 0.119. The molecule has 2 bridgehead atoms. The van der Waals surface area contributed by atoms with Gasteiger partial charge in [-0.2, -0.15) is 0 Å². The lowest BCUT2D eigenvalue weighted by molar-refractivity contribution is 0.0299. The number of pyridine rings is 1.